The molecule has 1 fully saturated rings. The number of ether oxygens (including phenoxy) is 1. The molecule has 0 bridgehead atoms. The van der Waals surface area contributed by atoms with Gasteiger partial charge in [-0.05, 0) is 39.7 Å². The summed E-state index contributed by atoms with van der Waals surface area (Å²) < 4.78 is 33.4. The van der Waals surface area contributed by atoms with Crippen LogP contribution in [0.2, 0.25) is 0 Å². The second-order valence-electron chi connectivity index (χ2n) is 6.45. The summed E-state index contributed by atoms with van der Waals surface area (Å²) in [5.41, 5.74) is 0.129. The number of carbonyl (C=O) groups excluding carboxylic acids is 1. The van der Waals surface area contributed by atoms with Crippen molar-refractivity contribution in [3.63, 3.8) is 0 Å². The normalized spacial score (nSPS) is 24.8. The van der Waals surface area contributed by atoms with Crippen molar-refractivity contribution in [2.75, 3.05) is 0 Å². The van der Waals surface area contributed by atoms with Crippen LogP contribution in [0.3, 0.4) is 0 Å². The number of nitrogens with one attached hydrogen (secondary N) is 1. The summed E-state index contributed by atoms with van der Waals surface area (Å²) >= 11 is 0. The molecule has 1 aromatic rings. The fraction of sp³-hybridized carbons (Fsp3) is 0.533. The molecule has 0 unspecified atom stereocenters. The van der Waals surface area contributed by atoms with Crippen molar-refractivity contribution in [1.82, 2.24) is 9.03 Å². The number of benzene rings is 1. The standard InChI is InChI=1S/C15H22N2O4S/c1-11-10-13(12-8-6-5-7-9-12)16-22(19,20)17(11)14(18)21-15(2,3)4/h5-9,11,13,16H,10H2,1-4H3/t11-,13-/m1/s1. The first kappa shape index (κ1) is 16.8. The Hall–Kier alpha value is -1.60. The van der Waals surface area contributed by atoms with Gasteiger partial charge < -0.3 is 4.74 Å². The molecule has 0 saturated carbocycles. The van der Waals surface area contributed by atoms with Crippen LogP contribution in [0.5, 0.6) is 0 Å². The molecule has 1 aliphatic heterocycles. The third-order valence-corrected chi connectivity index (χ3v) is 4.91. The fourth-order valence-corrected chi connectivity index (χ4v) is 3.93. The molecule has 0 aromatic heterocycles. The van der Waals surface area contributed by atoms with Gasteiger partial charge in [0, 0.05) is 0 Å². The highest BCUT2D eigenvalue weighted by atomic mass is 32.2. The molecule has 0 radical (unpaired) electrons. The van der Waals surface area contributed by atoms with Crippen LogP contribution in [0.4, 0.5) is 4.79 Å². The van der Waals surface area contributed by atoms with Gasteiger partial charge in [0.05, 0.1) is 12.1 Å². The van der Waals surface area contributed by atoms with E-state index in [9.17, 15) is 13.2 Å². The number of nitrogens with zero attached hydrogens (tertiary/aromatic N) is 1. The summed E-state index contributed by atoms with van der Waals surface area (Å²) in [7, 11) is -3.93. The second kappa shape index (κ2) is 5.89. The van der Waals surface area contributed by atoms with Gasteiger partial charge in [-0.25, -0.2) is 4.79 Å². The van der Waals surface area contributed by atoms with Crippen LogP contribution in [0.15, 0.2) is 30.3 Å². The Kier molecular flexibility index (Phi) is 4.49. The molecule has 1 aromatic carbocycles. The van der Waals surface area contributed by atoms with Crippen molar-refractivity contribution in [2.24, 2.45) is 0 Å². The SMILES string of the molecule is C[C@@H]1C[C@H](c2ccccc2)NS(=O)(=O)N1C(=O)OC(C)(C)C. The van der Waals surface area contributed by atoms with E-state index in [1.807, 2.05) is 30.3 Å². The monoisotopic (exact) mass is 326 g/mol. The molecular formula is C15H22N2O4S. The molecule has 1 N–H and O–H groups in total. The van der Waals surface area contributed by atoms with E-state index in [0.29, 0.717) is 6.42 Å². The van der Waals surface area contributed by atoms with Crippen molar-refractivity contribution in [2.45, 2.75) is 51.8 Å². The Morgan fingerprint density at radius 2 is 1.86 bits per heavy atom. The maximum absolute atomic E-state index is 12.4. The lowest BCUT2D eigenvalue weighted by Crippen LogP contribution is -2.56. The number of amides is 1. The van der Waals surface area contributed by atoms with Crippen LogP contribution < -0.4 is 4.72 Å². The Labute approximate surface area is 131 Å². The maximum atomic E-state index is 12.4. The van der Waals surface area contributed by atoms with Gasteiger partial charge in [0.1, 0.15) is 5.60 Å². The first-order valence-corrected chi connectivity index (χ1v) is 8.64. The van der Waals surface area contributed by atoms with Crippen LogP contribution in [-0.4, -0.2) is 30.5 Å². The van der Waals surface area contributed by atoms with Gasteiger partial charge in [-0.3, -0.25) is 0 Å². The topological polar surface area (TPSA) is 75.7 Å². The lowest BCUT2D eigenvalue weighted by molar-refractivity contribution is 0.0321. The zero-order chi connectivity index (χ0) is 16.5. The van der Waals surface area contributed by atoms with Crippen LogP contribution in [-0.2, 0) is 14.9 Å². The molecule has 1 aliphatic rings. The van der Waals surface area contributed by atoms with E-state index >= 15 is 0 Å². The van der Waals surface area contributed by atoms with Crippen molar-refractivity contribution in [3.05, 3.63) is 35.9 Å². The lowest BCUT2D eigenvalue weighted by atomic mass is 10.0. The summed E-state index contributed by atoms with van der Waals surface area (Å²) in [5, 5.41) is 0. The summed E-state index contributed by atoms with van der Waals surface area (Å²) in [4.78, 5) is 12.2. The molecule has 0 spiro atoms. The average Bonchev–Trinajstić information content (AvgIpc) is 2.35. The quantitative estimate of drug-likeness (QED) is 0.860. The molecule has 6 nitrogen and oxygen atoms in total. The van der Waals surface area contributed by atoms with Crippen molar-refractivity contribution in [3.8, 4) is 0 Å². The predicted molar refractivity (Wildman–Crippen MR) is 83.4 cm³/mol. The second-order valence-corrected chi connectivity index (χ2v) is 8.03. The van der Waals surface area contributed by atoms with Crippen LogP contribution in [0.1, 0.15) is 45.7 Å². The molecule has 7 heteroatoms. The molecule has 1 saturated heterocycles. The van der Waals surface area contributed by atoms with Gasteiger partial charge in [-0.2, -0.15) is 17.4 Å². The number of rotatable bonds is 1. The zero-order valence-electron chi connectivity index (χ0n) is 13.2. The predicted octanol–water partition coefficient (Wildman–Crippen LogP) is 2.59. The molecular weight excluding hydrogens is 304 g/mol. The third-order valence-electron chi connectivity index (χ3n) is 3.30. The smallest absolute Gasteiger partial charge is 0.425 e. The van der Waals surface area contributed by atoms with E-state index in [1.165, 1.54) is 0 Å². The first-order chi connectivity index (χ1) is 10.1. The van der Waals surface area contributed by atoms with Gasteiger partial charge in [0.25, 0.3) is 0 Å². The maximum Gasteiger partial charge on any atom is 0.425 e. The summed E-state index contributed by atoms with van der Waals surface area (Å²) in [6.07, 6.45) is -0.360. The molecule has 0 aliphatic carbocycles. The van der Waals surface area contributed by atoms with E-state index in [2.05, 4.69) is 4.72 Å². The highest BCUT2D eigenvalue weighted by Gasteiger charge is 2.42. The summed E-state index contributed by atoms with van der Waals surface area (Å²) in [6.45, 7) is 6.81. The Morgan fingerprint density at radius 3 is 2.36 bits per heavy atom. The van der Waals surface area contributed by atoms with Crippen molar-refractivity contribution >= 4 is 16.3 Å². The number of hydrogen-bond acceptors (Lipinski definition) is 4. The number of carbonyl (C=O) groups is 1. The third kappa shape index (κ3) is 3.78. The van der Waals surface area contributed by atoms with E-state index in [-0.39, 0.29) is 6.04 Å². The molecule has 2 rings (SSSR count). The molecule has 1 amide bonds. The Balaban J connectivity index is 2.22. The first-order valence-electron chi connectivity index (χ1n) is 7.20. The van der Waals surface area contributed by atoms with Crippen molar-refractivity contribution in [1.29, 1.82) is 0 Å². The minimum absolute atomic E-state index is 0.347. The van der Waals surface area contributed by atoms with Crippen molar-refractivity contribution < 1.29 is 17.9 Å². The lowest BCUT2D eigenvalue weighted by Gasteiger charge is -2.38. The van der Waals surface area contributed by atoms with E-state index in [0.717, 1.165) is 9.87 Å². The Bertz CT molecular complexity index is 637. The van der Waals surface area contributed by atoms with Crippen LogP contribution in [0.25, 0.3) is 0 Å². The summed E-state index contributed by atoms with van der Waals surface area (Å²) in [5.74, 6) is 0. The van der Waals surface area contributed by atoms with Crippen LogP contribution >= 0.6 is 0 Å². The van der Waals surface area contributed by atoms with Gasteiger partial charge in [-0.1, -0.05) is 30.3 Å². The van der Waals surface area contributed by atoms with E-state index in [1.54, 1.807) is 27.7 Å². The largest absolute Gasteiger partial charge is 0.443 e. The number of hydrogen-bond donors (Lipinski definition) is 1. The Morgan fingerprint density at radius 1 is 1.27 bits per heavy atom. The molecule has 2 atom stereocenters. The van der Waals surface area contributed by atoms with E-state index < -0.39 is 27.9 Å². The minimum atomic E-state index is -3.93. The summed E-state index contributed by atoms with van der Waals surface area (Å²) in [6, 6.07) is 8.48. The average molecular weight is 326 g/mol. The zero-order valence-corrected chi connectivity index (χ0v) is 14.1. The molecule has 22 heavy (non-hydrogen) atoms. The van der Waals surface area contributed by atoms with Gasteiger partial charge in [0.15, 0.2) is 0 Å². The van der Waals surface area contributed by atoms with Gasteiger partial charge >= 0.3 is 16.3 Å². The minimum Gasteiger partial charge on any atom is -0.443 e. The van der Waals surface area contributed by atoms with E-state index in [4.69, 9.17) is 4.74 Å². The van der Waals surface area contributed by atoms with Gasteiger partial charge in [0.2, 0.25) is 0 Å². The van der Waals surface area contributed by atoms with Crippen LogP contribution in [0, 0.1) is 0 Å². The van der Waals surface area contributed by atoms with Gasteiger partial charge in [-0.15, -0.1) is 0 Å². The highest BCUT2D eigenvalue weighted by Crippen LogP contribution is 2.29. The highest BCUT2D eigenvalue weighted by molar-refractivity contribution is 7.87. The fourth-order valence-electron chi connectivity index (χ4n) is 2.43. The molecule has 1 heterocycles. The molecule has 122 valence electrons.